The van der Waals surface area contributed by atoms with Crippen molar-refractivity contribution in [2.45, 2.75) is 24.8 Å². The van der Waals surface area contributed by atoms with Crippen LogP contribution in [-0.4, -0.2) is 34.1 Å². The zero-order valence-corrected chi connectivity index (χ0v) is 14.4. The predicted octanol–water partition coefficient (Wildman–Crippen LogP) is 2.42. The molecule has 0 saturated heterocycles. The number of benzene rings is 1. The second-order valence-electron chi connectivity index (χ2n) is 6.37. The first-order valence-corrected chi connectivity index (χ1v) is 8.48. The Bertz CT molecular complexity index is 823. The molecule has 6 nitrogen and oxygen atoms in total. The number of nitrogens with one attached hydrogen (secondary N) is 2. The van der Waals surface area contributed by atoms with Crippen LogP contribution in [0.3, 0.4) is 0 Å². The Hall–Kier alpha value is -3.15. The first-order chi connectivity index (χ1) is 12.6. The van der Waals surface area contributed by atoms with Crippen LogP contribution in [0.5, 0.6) is 0 Å². The van der Waals surface area contributed by atoms with Gasteiger partial charge in [0.1, 0.15) is 11.4 Å². The topological polar surface area (TPSA) is 91.3 Å². The van der Waals surface area contributed by atoms with Gasteiger partial charge in [0.05, 0.1) is 5.56 Å². The van der Waals surface area contributed by atoms with Gasteiger partial charge in [-0.1, -0.05) is 30.3 Å². The number of rotatable bonds is 7. The molecule has 3 N–H and O–H groups in total. The zero-order valence-electron chi connectivity index (χ0n) is 14.4. The Balaban J connectivity index is 1.83. The summed E-state index contributed by atoms with van der Waals surface area (Å²) in [5.74, 6) is -1.05. The molecule has 3 rings (SSSR count). The average molecular weight is 351 g/mol. The van der Waals surface area contributed by atoms with Crippen molar-refractivity contribution >= 4 is 17.7 Å². The number of hydrogen-bond donors (Lipinski definition) is 3. The van der Waals surface area contributed by atoms with E-state index in [2.05, 4.69) is 22.2 Å². The number of aromatic nitrogens is 1. The van der Waals surface area contributed by atoms with Gasteiger partial charge < -0.3 is 15.7 Å². The number of hydrogen-bond acceptors (Lipinski definition) is 4. The van der Waals surface area contributed by atoms with E-state index in [1.807, 2.05) is 24.3 Å². The molecule has 1 aliphatic carbocycles. The van der Waals surface area contributed by atoms with Gasteiger partial charge in [0, 0.05) is 25.6 Å². The number of carbonyl (C=O) groups is 2. The van der Waals surface area contributed by atoms with E-state index in [4.69, 9.17) is 0 Å². The third-order valence-corrected chi connectivity index (χ3v) is 4.56. The highest BCUT2D eigenvalue weighted by Crippen LogP contribution is 2.31. The van der Waals surface area contributed by atoms with Gasteiger partial charge in [-0.25, -0.2) is 9.78 Å². The van der Waals surface area contributed by atoms with Crippen molar-refractivity contribution in [1.29, 1.82) is 0 Å². The molecule has 1 aromatic carbocycles. The summed E-state index contributed by atoms with van der Waals surface area (Å²) in [5.41, 5.74) is 0.888. The van der Waals surface area contributed by atoms with Crippen LogP contribution in [0, 0.1) is 0 Å². The van der Waals surface area contributed by atoms with E-state index in [1.165, 1.54) is 0 Å². The Morgan fingerprint density at radius 3 is 2.50 bits per heavy atom. The summed E-state index contributed by atoms with van der Waals surface area (Å²) in [6.45, 7) is 4.25. The van der Waals surface area contributed by atoms with Gasteiger partial charge in [-0.05, 0) is 29.7 Å². The van der Waals surface area contributed by atoms with Crippen LogP contribution in [0.15, 0.2) is 55.3 Å². The molecule has 1 amide bonds. The van der Waals surface area contributed by atoms with Crippen molar-refractivity contribution < 1.29 is 14.7 Å². The summed E-state index contributed by atoms with van der Waals surface area (Å²) in [7, 11) is 0. The van der Waals surface area contributed by atoms with Gasteiger partial charge in [-0.2, -0.15) is 0 Å². The second kappa shape index (κ2) is 7.39. The molecule has 6 heteroatoms. The average Bonchev–Trinajstić information content (AvgIpc) is 3.01. The van der Waals surface area contributed by atoms with E-state index in [9.17, 15) is 14.7 Å². The number of aliphatic carboxylic acids is 1. The van der Waals surface area contributed by atoms with Crippen LogP contribution in [0.4, 0.5) is 5.82 Å². The summed E-state index contributed by atoms with van der Waals surface area (Å²) in [4.78, 5) is 29.0. The minimum Gasteiger partial charge on any atom is -0.479 e. The molecule has 2 aromatic rings. The summed E-state index contributed by atoms with van der Waals surface area (Å²) >= 11 is 0. The van der Waals surface area contributed by atoms with Crippen LogP contribution in [0.2, 0.25) is 0 Å². The molecule has 1 aromatic heterocycles. The molecule has 0 aliphatic heterocycles. The fourth-order valence-electron chi connectivity index (χ4n) is 3.21. The summed E-state index contributed by atoms with van der Waals surface area (Å²) < 4.78 is 0. The minimum absolute atomic E-state index is 0.268. The lowest BCUT2D eigenvalue weighted by molar-refractivity contribution is -0.144. The lowest BCUT2D eigenvalue weighted by Gasteiger charge is -2.26. The van der Waals surface area contributed by atoms with Crippen molar-refractivity contribution in [3.05, 3.63) is 71.9 Å². The summed E-state index contributed by atoms with van der Waals surface area (Å²) in [6, 6.07) is 10.8. The van der Waals surface area contributed by atoms with E-state index in [-0.39, 0.29) is 12.8 Å². The van der Waals surface area contributed by atoms with Gasteiger partial charge in [0.15, 0.2) is 0 Å². The SMILES string of the molecule is C=CCCNc1ncccc1C(=O)NC1(C(=O)O)Cc2ccccc2C1. The van der Waals surface area contributed by atoms with E-state index in [0.717, 1.165) is 17.5 Å². The molecule has 1 heterocycles. The molecule has 0 saturated carbocycles. The summed E-state index contributed by atoms with van der Waals surface area (Å²) in [5, 5.41) is 15.7. The molecular weight excluding hydrogens is 330 g/mol. The van der Waals surface area contributed by atoms with Crippen molar-refractivity contribution in [1.82, 2.24) is 10.3 Å². The van der Waals surface area contributed by atoms with Crippen molar-refractivity contribution in [2.75, 3.05) is 11.9 Å². The molecule has 26 heavy (non-hydrogen) atoms. The van der Waals surface area contributed by atoms with Crippen molar-refractivity contribution in [3.63, 3.8) is 0 Å². The molecule has 134 valence electrons. The van der Waals surface area contributed by atoms with Crippen LogP contribution in [-0.2, 0) is 17.6 Å². The second-order valence-corrected chi connectivity index (χ2v) is 6.37. The molecule has 0 spiro atoms. The minimum atomic E-state index is -1.34. The lowest BCUT2D eigenvalue weighted by Crippen LogP contribution is -2.55. The maximum Gasteiger partial charge on any atom is 0.330 e. The van der Waals surface area contributed by atoms with E-state index in [0.29, 0.717) is 17.9 Å². The number of fused-ring (bicyclic) bond motifs is 1. The van der Waals surface area contributed by atoms with E-state index in [1.54, 1.807) is 24.4 Å². The van der Waals surface area contributed by atoms with Gasteiger partial charge in [-0.15, -0.1) is 6.58 Å². The monoisotopic (exact) mass is 351 g/mol. The van der Waals surface area contributed by atoms with Gasteiger partial charge in [0.2, 0.25) is 0 Å². The van der Waals surface area contributed by atoms with E-state index < -0.39 is 17.4 Å². The molecule has 0 unspecified atom stereocenters. The maximum atomic E-state index is 12.8. The number of pyridine rings is 1. The zero-order chi connectivity index (χ0) is 18.6. The molecular formula is C20H21N3O3. The smallest absolute Gasteiger partial charge is 0.330 e. The Kier molecular flexibility index (Phi) is 5.02. The Labute approximate surface area is 152 Å². The molecule has 0 bridgehead atoms. The van der Waals surface area contributed by atoms with Crippen LogP contribution in [0.1, 0.15) is 27.9 Å². The largest absolute Gasteiger partial charge is 0.479 e. The Morgan fingerprint density at radius 2 is 1.88 bits per heavy atom. The normalized spacial score (nSPS) is 14.3. The summed E-state index contributed by atoms with van der Waals surface area (Å²) in [6.07, 6.45) is 4.62. The highest BCUT2D eigenvalue weighted by Gasteiger charge is 2.45. The van der Waals surface area contributed by atoms with Crippen LogP contribution in [0.25, 0.3) is 0 Å². The number of amides is 1. The van der Waals surface area contributed by atoms with Crippen LogP contribution < -0.4 is 10.6 Å². The number of carbonyl (C=O) groups excluding carboxylic acids is 1. The third kappa shape index (κ3) is 3.44. The van der Waals surface area contributed by atoms with Gasteiger partial charge in [-0.3, -0.25) is 4.79 Å². The molecule has 0 atom stereocenters. The number of anilines is 1. The van der Waals surface area contributed by atoms with Gasteiger partial charge in [0.25, 0.3) is 5.91 Å². The van der Waals surface area contributed by atoms with E-state index >= 15 is 0 Å². The number of carboxylic acid groups (broad SMARTS) is 1. The fraction of sp³-hybridized carbons (Fsp3) is 0.250. The highest BCUT2D eigenvalue weighted by molar-refractivity contribution is 6.01. The highest BCUT2D eigenvalue weighted by atomic mass is 16.4. The van der Waals surface area contributed by atoms with Gasteiger partial charge >= 0.3 is 5.97 Å². The number of carboxylic acids is 1. The lowest BCUT2D eigenvalue weighted by atomic mass is 9.95. The van der Waals surface area contributed by atoms with Crippen LogP contribution >= 0.6 is 0 Å². The van der Waals surface area contributed by atoms with Crippen molar-refractivity contribution in [2.24, 2.45) is 0 Å². The Morgan fingerprint density at radius 1 is 1.19 bits per heavy atom. The first-order valence-electron chi connectivity index (χ1n) is 8.48. The molecule has 0 fully saturated rings. The fourth-order valence-corrected chi connectivity index (χ4v) is 3.21. The third-order valence-electron chi connectivity index (χ3n) is 4.56. The molecule has 1 aliphatic rings. The molecule has 0 radical (unpaired) electrons. The standard InChI is InChI=1S/C20H21N3O3/c1-2-3-10-21-17-16(9-6-11-22-17)18(24)23-20(19(25)26)12-14-7-4-5-8-15(14)13-20/h2,4-9,11H,1,3,10,12-13H2,(H,21,22)(H,23,24)(H,25,26). The number of nitrogens with zero attached hydrogens (tertiary/aromatic N) is 1. The van der Waals surface area contributed by atoms with Crippen molar-refractivity contribution in [3.8, 4) is 0 Å². The quantitative estimate of drug-likeness (QED) is 0.526. The maximum absolute atomic E-state index is 12.8. The first kappa shape index (κ1) is 17.7. The predicted molar refractivity (Wildman–Crippen MR) is 99.2 cm³/mol.